The Labute approximate surface area is 104 Å². The van der Waals surface area contributed by atoms with Gasteiger partial charge in [0.15, 0.2) is 0 Å². The predicted octanol–water partition coefficient (Wildman–Crippen LogP) is 1.47. The first-order valence-electron chi connectivity index (χ1n) is 6.31. The number of rotatable bonds is 8. The van der Waals surface area contributed by atoms with Crippen LogP contribution >= 0.6 is 0 Å². The van der Waals surface area contributed by atoms with Crippen molar-refractivity contribution in [2.24, 2.45) is 18.9 Å². The second kappa shape index (κ2) is 7.45. The molecule has 98 valence electrons. The molecule has 0 amide bonds. The second-order valence-corrected chi connectivity index (χ2v) is 4.89. The first-order valence-corrected chi connectivity index (χ1v) is 6.31. The third kappa shape index (κ3) is 5.33. The van der Waals surface area contributed by atoms with E-state index in [1.807, 2.05) is 17.9 Å². The van der Waals surface area contributed by atoms with Gasteiger partial charge < -0.3 is 10.1 Å². The lowest BCUT2D eigenvalue weighted by atomic mass is 9.91. The molecular formula is C13H25N3O. The van der Waals surface area contributed by atoms with Gasteiger partial charge >= 0.3 is 0 Å². The molecule has 0 fully saturated rings. The standard InChI is InChI=1S/C13H25N3O/c1-11(2)12(10-14-6-8-17-4)9-13-5-7-16(3)15-13/h5,7,11-12,14H,6,8-10H2,1-4H3. The number of aromatic nitrogens is 2. The number of methoxy groups -OCH3 is 1. The van der Waals surface area contributed by atoms with Crippen LogP contribution in [0.1, 0.15) is 19.5 Å². The van der Waals surface area contributed by atoms with Crippen LogP contribution < -0.4 is 5.32 Å². The van der Waals surface area contributed by atoms with Gasteiger partial charge in [0.05, 0.1) is 12.3 Å². The molecule has 1 rings (SSSR count). The van der Waals surface area contributed by atoms with Crippen molar-refractivity contribution in [2.75, 3.05) is 26.8 Å². The first-order chi connectivity index (χ1) is 8.13. The lowest BCUT2D eigenvalue weighted by molar-refractivity contribution is 0.196. The van der Waals surface area contributed by atoms with Crippen LogP contribution in [0.3, 0.4) is 0 Å². The van der Waals surface area contributed by atoms with Crippen molar-refractivity contribution >= 4 is 0 Å². The number of hydrogen-bond acceptors (Lipinski definition) is 3. The minimum atomic E-state index is 0.627. The number of aryl methyl sites for hydroxylation is 1. The number of nitrogens with one attached hydrogen (secondary N) is 1. The molecule has 0 saturated carbocycles. The summed E-state index contributed by atoms with van der Waals surface area (Å²) < 4.78 is 6.89. The predicted molar refractivity (Wildman–Crippen MR) is 70.0 cm³/mol. The molecule has 0 bridgehead atoms. The highest BCUT2D eigenvalue weighted by Crippen LogP contribution is 2.15. The molecule has 1 aromatic heterocycles. The highest BCUT2D eigenvalue weighted by molar-refractivity contribution is 5.00. The Bertz CT molecular complexity index is 309. The fourth-order valence-electron chi connectivity index (χ4n) is 1.85. The molecule has 4 nitrogen and oxygen atoms in total. The molecule has 17 heavy (non-hydrogen) atoms. The average Bonchev–Trinajstić information content (AvgIpc) is 2.68. The zero-order valence-corrected chi connectivity index (χ0v) is 11.4. The third-order valence-corrected chi connectivity index (χ3v) is 3.07. The minimum Gasteiger partial charge on any atom is -0.383 e. The van der Waals surface area contributed by atoms with Crippen LogP contribution in [-0.2, 0) is 18.2 Å². The molecule has 0 aliphatic heterocycles. The van der Waals surface area contributed by atoms with Crippen LogP contribution in [0.4, 0.5) is 0 Å². The monoisotopic (exact) mass is 239 g/mol. The van der Waals surface area contributed by atoms with Crippen molar-refractivity contribution in [3.8, 4) is 0 Å². The molecule has 0 radical (unpaired) electrons. The van der Waals surface area contributed by atoms with E-state index in [2.05, 4.69) is 30.3 Å². The summed E-state index contributed by atoms with van der Waals surface area (Å²) >= 11 is 0. The van der Waals surface area contributed by atoms with E-state index >= 15 is 0 Å². The number of nitrogens with zero attached hydrogens (tertiary/aromatic N) is 2. The lowest BCUT2D eigenvalue weighted by Gasteiger charge is -2.20. The van der Waals surface area contributed by atoms with Gasteiger partial charge in [-0.3, -0.25) is 4.68 Å². The summed E-state index contributed by atoms with van der Waals surface area (Å²) in [7, 11) is 3.69. The van der Waals surface area contributed by atoms with Gasteiger partial charge in [-0.1, -0.05) is 13.8 Å². The van der Waals surface area contributed by atoms with Crippen molar-refractivity contribution in [3.63, 3.8) is 0 Å². The number of ether oxygens (including phenoxy) is 1. The van der Waals surface area contributed by atoms with E-state index in [0.29, 0.717) is 11.8 Å². The van der Waals surface area contributed by atoms with Crippen molar-refractivity contribution in [1.29, 1.82) is 0 Å². The van der Waals surface area contributed by atoms with E-state index in [4.69, 9.17) is 4.74 Å². The molecule has 0 aliphatic rings. The van der Waals surface area contributed by atoms with Gasteiger partial charge in [0.1, 0.15) is 0 Å². The molecule has 4 heteroatoms. The summed E-state index contributed by atoms with van der Waals surface area (Å²) in [5.74, 6) is 1.29. The largest absolute Gasteiger partial charge is 0.383 e. The lowest BCUT2D eigenvalue weighted by Crippen LogP contribution is -2.30. The fraction of sp³-hybridized carbons (Fsp3) is 0.769. The van der Waals surface area contributed by atoms with Crippen LogP contribution in [0, 0.1) is 11.8 Å². The molecule has 0 aromatic carbocycles. The summed E-state index contributed by atoms with van der Waals surface area (Å²) in [6, 6.07) is 2.10. The topological polar surface area (TPSA) is 39.1 Å². The summed E-state index contributed by atoms with van der Waals surface area (Å²) in [5, 5.41) is 7.88. The molecule has 0 saturated heterocycles. The molecular weight excluding hydrogens is 214 g/mol. The number of hydrogen-bond donors (Lipinski definition) is 1. The summed E-state index contributed by atoms with van der Waals surface area (Å²) in [5.41, 5.74) is 1.18. The molecule has 1 aromatic rings. The van der Waals surface area contributed by atoms with Crippen molar-refractivity contribution in [2.45, 2.75) is 20.3 Å². The second-order valence-electron chi connectivity index (χ2n) is 4.89. The highest BCUT2D eigenvalue weighted by atomic mass is 16.5. The van der Waals surface area contributed by atoms with Gasteiger partial charge in [-0.05, 0) is 30.9 Å². The van der Waals surface area contributed by atoms with Gasteiger partial charge in [0.25, 0.3) is 0 Å². The third-order valence-electron chi connectivity index (χ3n) is 3.07. The molecule has 0 spiro atoms. The normalized spacial score (nSPS) is 13.2. The maximum absolute atomic E-state index is 5.03. The van der Waals surface area contributed by atoms with E-state index in [9.17, 15) is 0 Å². The van der Waals surface area contributed by atoms with E-state index in [1.165, 1.54) is 5.69 Å². The van der Waals surface area contributed by atoms with E-state index in [0.717, 1.165) is 26.1 Å². The molecule has 0 aliphatic carbocycles. The maximum atomic E-state index is 5.03. The highest BCUT2D eigenvalue weighted by Gasteiger charge is 2.14. The quantitative estimate of drug-likeness (QED) is 0.698. The summed E-state index contributed by atoms with van der Waals surface area (Å²) in [6.45, 7) is 7.26. The Morgan fingerprint density at radius 3 is 2.76 bits per heavy atom. The van der Waals surface area contributed by atoms with Crippen molar-refractivity contribution in [3.05, 3.63) is 18.0 Å². The van der Waals surface area contributed by atoms with Crippen LogP contribution in [0.15, 0.2) is 12.3 Å². The van der Waals surface area contributed by atoms with E-state index in [-0.39, 0.29) is 0 Å². The van der Waals surface area contributed by atoms with Gasteiger partial charge in [0, 0.05) is 26.9 Å². The summed E-state index contributed by atoms with van der Waals surface area (Å²) in [4.78, 5) is 0. The van der Waals surface area contributed by atoms with Gasteiger partial charge in [-0.25, -0.2) is 0 Å². The van der Waals surface area contributed by atoms with Crippen LogP contribution in [0.25, 0.3) is 0 Å². The SMILES string of the molecule is COCCNCC(Cc1ccn(C)n1)C(C)C. The zero-order chi connectivity index (χ0) is 12.7. The van der Waals surface area contributed by atoms with Crippen molar-refractivity contribution < 1.29 is 4.74 Å². The van der Waals surface area contributed by atoms with Crippen LogP contribution in [0.2, 0.25) is 0 Å². The van der Waals surface area contributed by atoms with Gasteiger partial charge in [0.2, 0.25) is 0 Å². The minimum absolute atomic E-state index is 0.627. The molecule has 1 N–H and O–H groups in total. The summed E-state index contributed by atoms with van der Waals surface area (Å²) in [6.07, 6.45) is 3.05. The van der Waals surface area contributed by atoms with E-state index < -0.39 is 0 Å². The maximum Gasteiger partial charge on any atom is 0.0627 e. The van der Waals surface area contributed by atoms with Gasteiger partial charge in [-0.2, -0.15) is 5.10 Å². The Morgan fingerprint density at radius 2 is 2.24 bits per heavy atom. The van der Waals surface area contributed by atoms with E-state index in [1.54, 1.807) is 7.11 Å². The Kier molecular flexibility index (Phi) is 6.22. The van der Waals surface area contributed by atoms with Crippen molar-refractivity contribution in [1.82, 2.24) is 15.1 Å². The Hall–Kier alpha value is -0.870. The van der Waals surface area contributed by atoms with Crippen LogP contribution in [0.5, 0.6) is 0 Å². The molecule has 1 unspecified atom stereocenters. The Balaban J connectivity index is 2.38. The zero-order valence-electron chi connectivity index (χ0n) is 11.4. The smallest absolute Gasteiger partial charge is 0.0627 e. The van der Waals surface area contributed by atoms with Crippen LogP contribution in [-0.4, -0.2) is 36.6 Å². The average molecular weight is 239 g/mol. The first kappa shape index (κ1) is 14.2. The Morgan fingerprint density at radius 1 is 1.47 bits per heavy atom. The molecule has 1 atom stereocenters. The van der Waals surface area contributed by atoms with Gasteiger partial charge in [-0.15, -0.1) is 0 Å². The molecule has 1 heterocycles. The fourth-order valence-corrected chi connectivity index (χ4v) is 1.85.